The Kier molecular flexibility index (Phi) is 27.9. The van der Waals surface area contributed by atoms with Crippen molar-refractivity contribution in [3.63, 3.8) is 0 Å². The highest BCUT2D eigenvalue weighted by atomic mass is 16.7. The lowest BCUT2D eigenvalue weighted by Crippen LogP contribution is -2.60. The first-order chi connectivity index (χ1) is 22.8. The Labute approximate surface area is 286 Å². The molecule has 0 aromatic heterocycles. The molecule has 278 valence electrons. The van der Waals surface area contributed by atoms with Crippen molar-refractivity contribution >= 4 is 5.91 Å². The van der Waals surface area contributed by atoms with Gasteiger partial charge in [-0.1, -0.05) is 154 Å². The van der Waals surface area contributed by atoms with Gasteiger partial charge >= 0.3 is 0 Å². The standard InChI is InChI=1S/C38H73NO8/c1-3-5-7-9-11-13-15-16-18-19-21-23-25-27-32(41)31(30-46-38-37(45)36(44)35(43)33(29-40)47-38)39-34(42)28-26-24-22-20-17-14-12-10-8-6-4-2/h25,27,31-33,35-38,40-41,43-45H,3-24,26,28-30H2,1-2H3,(H,39,42)/b27-25+/t31-,32+,33+,35-,36-,37+,38-/m0/s1. The van der Waals surface area contributed by atoms with Crippen LogP contribution >= 0.6 is 0 Å². The number of ether oxygens (including phenoxy) is 2. The molecule has 0 unspecified atom stereocenters. The van der Waals surface area contributed by atoms with Crippen molar-refractivity contribution in [1.82, 2.24) is 5.32 Å². The van der Waals surface area contributed by atoms with Crippen molar-refractivity contribution in [3.05, 3.63) is 12.2 Å². The maximum atomic E-state index is 12.8. The highest BCUT2D eigenvalue weighted by Gasteiger charge is 2.44. The Morgan fingerprint density at radius 3 is 1.66 bits per heavy atom. The Balaban J connectivity index is 2.46. The molecule has 9 nitrogen and oxygen atoms in total. The summed E-state index contributed by atoms with van der Waals surface area (Å²) in [5.74, 6) is -0.179. The van der Waals surface area contributed by atoms with Gasteiger partial charge in [-0.05, 0) is 19.3 Å². The molecule has 1 rings (SSSR count). The summed E-state index contributed by atoms with van der Waals surface area (Å²) in [5.41, 5.74) is 0. The van der Waals surface area contributed by atoms with Gasteiger partial charge < -0.3 is 40.3 Å². The fourth-order valence-corrected chi connectivity index (χ4v) is 6.15. The maximum Gasteiger partial charge on any atom is 0.220 e. The summed E-state index contributed by atoms with van der Waals surface area (Å²) in [4.78, 5) is 12.8. The molecule has 0 saturated carbocycles. The van der Waals surface area contributed by atoms with Crippen LogP contribution < -0.4 is 5.32 Å². The summed E-state index contributed by atoms with van der Waals surface area (Å²) in [7, 11) is 0. The first-order valence-corrected chi connectivity index (χ1v) is 19.4. The fourth-order valence-electron chi connectivity index (χ4n) is 6.15. The number of amides is 1. The van der Waals surface area contributed by atoms with Crippen LogP contribution in [0.5, 0.6) is 0 Å². The number of carbonyl (C=O) groups is 1. The summed E-state index contributed by atoms with van der Waals surface area (Å²) >= 11 is 0. The number of hydrogen-bond acceptors (Lipinski definition) is 8. The third-order valence-corrected chi connectivity index (χ3v) is 9.36. The zero-order valence-corrected chi connectivity index (χ0v) is 30.0. The van der Waals surface area contributed by atoms with E-state index >= 15 is 0 Å². The lowest BCUT2D eigenvalue weighted by atomic mass is 9.99. The highest BCUT2D eigenvalue weighted by molar-refractivity contribution is 5.76. The van der Waals surface area contributed by atoms with Gasteiger partial charge in [0.2, 0.25) is 5.91 Å². The monoisotopic (exact) mass is 672 g/mol. The predicted octanol–water partition coefficient (Wildman–Crippen LogP) is 6.61. The predicted molar refractivity (Wildman–Crippen MR) is 189 cm³/mol. The van der Waals surface area contributed by atoms with Gasteiger partial charge in [-0.2, -0.15) is 0 Å². The molecular weight excluding hydrogens is 598 g/mol. The molecule has 1 aliphatic heterocycles. The number of hydrogen-bond donors (Lipinski definition) is 6. The van der Waals surface area contributed by atoms with E-state index in [1.807, 2.05) is 6.08 Å². The molecule has 47 heavy (non-hydrogen) atoms. The molecule has 0 bridgehead atoms. The Bertz CT molecular complexity index is 751. The van der Waals surface area contributed by atoms with Gasteiger partial charge in [-0.3, -0.25) is 4.79 Å². The maximum absolute atomic E-state index is 12.8. The van der Waals surface area contributed by atoms with Crippen LogP contribution in [0.15, 0.2) is 12.2 Å². The topological polar surface area (TPSA) is 149 Å². The molecule has 6 N–H and O–H groups in total. The Morgan fingerprint density at radius 1 is 0.702 bits per heavy atom. The van der Waals surface area contributed by atoms with Crippen molar-refractivity contribution in [2.24, 2.45) is 0 Å². The fraction of sp³-hybridized carbons (Fsp3) is 0.921. The van der Waals surface area contributed by atoms with E-state index in [9.17, 15) is 30.3 Å². The summed E-state index contributed by atoms with van der Waals surface area (Å²) in [5, 5.41) is 53.8. The van der Waals surface area contributed by atoms with E-state index in [2.05, 4.69) is 19.2 Å². The molecule has 0 aliphatic carbocycles. The van der Waals surface area contributed by atoms with Crippen molar-refractivity contribution < 1.29 is 39.8 Å². The van der Waals surface area contributed by atoms with E-state index in [1.165, 1.54) is 109 Å². The molecule has 9 heteroatoms. The Morgan fingerprint density at radius 2 is 1.17 bits per heavy atom. The van der Waals surface area contributed by atoms with Gasteiger partial charge in [-0.25, -0.2) is 0 Å². The number of unbranched alkanes of at least 4 members (excludes halogenated alkanes) is 21. The second-order valence-corrected chi connectivity index (χ2v) is 13.7. The van der Waals surface area contributed by atoms with E-state index in [4.69, 9.17) is 9.47 Å². The zero-order chi connectivity index (χ0) is 34.5. The molecule has 1 aliphatic rings. The van der Waals surface area contributed by atoms with Gasteiger partial charge in [0.05, 0.1) is 25.4 Å². The van der Waals surface area contributed by atoms with Crippen LogP contribution in [0, 0.1) is 0 Å². The summed E-state index contributed by atoms with van der Waals surface area (Å²) in [6, 6.07) is -0.795. The number of carbonyl (C=O) groups excluding carboxylic acids is 1. The number of aliphatic hydroxyl groups excluding tert-OH is 5. The smallest absolute Gasteiger partial charge is 0.220 e. The van der Waals surface area contributed by atoms with Crippen LogP contribution in [0.1, 0.15) is 168 Å². The third kappa shape index (κ3) is 21.6. The second-order valence-electron chi connectivity index (χ2n) is 13.7. The average Bonchev–Trinajstić information content (AvgIpc) is 3.07. The van der Waals surface area contributed by atoms with E-state index < -0.39 is 49.5 Å². The lowest BCUT2D eigenvalue weighted by Gasteiger charge is -2.40. The molecule has 1 heterocycles. The highest BCUT2D eigenvalue weighted by Crippen LogP contribution is 2.22. The normalized spacial score (nSPS) is 22.9. The lowest BCUT2D eigenvalue weighted by molar-refractivity contribution is -0.302. The van der Waals surface area contributed by atoms with Crippen LogP contribution in [-0.4, -0.2) is 87.5 Å². The van der Waals surface area contributed by atoms with Crippen molar-refractivity contribution in [2.75, 3.05) is 13.2 Å². The number of nitrogens with one attached hydrogen (secondary N) is 1. The summed E-state index contributed by atoms with van der Waals surface area (Å²) < 4.78 is 11.1. The van der Waals surface area contributed by atoms with Crippen molar-refractivity contribution in [2.45, 2.75) is 211 Å². The van der Waals surface area contributed by atoms with E-state index in [1.54, 1.807) is 6.08 Å². The first kappa shape index (κ1) is 44.0. The first-order valence-electron chi connectivity index (χ1n) is 19.4. The van der Waals surface area contributed by atoms with Crippen LogP contribution in [0.3, 0.4) is 0 Å². The minimum Gasteiger partial charge on any atom is -0.394 e. The van der Waals surface area contributed by atoms with Gasteiger partial charge in [0.15, 0.2) is 6.29 Å². The number of allylic oxidation sites excluding steroid dienone is 1. The van der Waals surface area contributed by atoms with Gasteiger partial charge in [-0.15, -0.1) is 0 Å². The van der Waals surface area contributed by atoms with Gasteiger partial charge in [0.1, 0.15) is 24.4 Å². The minimum absolute atomic E-state index is 0.179. The van der Waals surface area contributed by atoms with Crippen LogP contribution in [0.25, 0.3) is 0 Å². The Hall–Kier alpha value is -1.07. The average molecular weight is 672 g/mol. The van der Waals surface area contributed by atoms with Crippen molar-refractivity contribution in [1.29, 1.82) is 0 Å². The van der Waals surface area contributed by atoms with Gasteiger partial charge in [0, 0.05) is 6.42 Å². The zero-order valence-electron chi connectivity index (χ0n) is 30.0. The molecule has 0 radical (unpaired) electrons. The number of rotatable bonds is 31. The molecule has 0 aromatic carbocycles. The quantitative estimate of drug-likeness (QED) is 0.0357. The van der Waals surface area contributed by atoms with Crippen LogP contribution in [-0.2, 0) is 14.3 Å². The van der Waals surface area contributed by atoms with E-state index in [-0.39, 0.29) is 12.5 Å². The molecule has 1 saturated heterocycles. The molecular formula is C38H73NO8. The minimum atomic E-state index is -1.56. The van der Waals surface area contributed by atoms with E-state index in [0.29, 0.717) is 6.42 Å². The van der Waals surface area contributed by atoms with Crippen molar-refractivity contribution in [3.8, 4) is 0 Å². The second kappa shape index (κ2) is 29.8. The molecule has 0 aromatic rings. The number of aliphatic hydroxyl groups is 5. The largest absolute Gasteiger partial charge is 0.394 e. The summed E-state index contributed by atoms with van der Waals surface area (Å²) in [6.45, 7) is 3.74. The van der Waals surface area contributed by atoms with E-state index in [0.717, 1.165) is 38.5 Å². The SMILES string of the molecule is CCCCCCCCCCCCC/C=C/[C@@H](O)[C@H](CO[C@H]1O[C@H](CO)[C@H](O)[C@H](O)[C@H]1O)NC(=O)CCCCCCCCCCCCC. The summed E-state index contributed by atoms with van der Waals surface area (Å²) in [6.07, 6.45) is 23.9. The van der Waals surface area contributed by atoms with Gasteiger partial charge in [0.25, 0.3) is 0 Å². The molecule has 0 spiro atoms. The molecule has 1 fully saturated rings. The van der Waals surface area contributed by atoms with Crippen LogP contribution in [0.4, 0.5) is 0 Å². The molecule has 7 atom stereocenters. The third-order valence-electron chi connectivity index (χ3n) is 9.36. The molecule has 1 amide bonds. The van der Waals surface area contributed by atoms with Crippen LogP contribution in [0.2, 0.25) is 0 Å².